The maximum atomic E-state index is 12.5. The first kappa shape index (κ1) is 13.6. The van der Waals surface area contributed by atoms with Crippen LogP contribution in [0.2, 0.25) is 0 Å². The molecule has 0 aromatic heterocycles. The molecular formula is C15H17N3O3. The van der Waals surface area contributed by atoms with Crippen LogP contribution in [0.15, 0.2) is 24.3 Å². The van der Waals surface area contributed by atoms with Crippen molar-refractivity contribution >= 4 is 17.8 Å². The highest BCUT2D eigenvalue weighted by atomic mass is 16.2. The predicted octanol–water partition coefficient (Wildman–Crippen LogP) is 1.01. The van der Waals surface area contributed by atoms with Crippen LogP contribution in [0.1, 0.15) is 35.7 Å². The molecule has 110 valence electrons. The van der Waals surface area contributed by atoms with Crippen LogP contribution in [-0.2, 0) is 11.3 Å². The van der Waals surface area contributed by atoms with Gasteiger partial charge >= 0.3 is 6.03 Å². The maximum Gasteiger partial charge on any atom is 0.325 e. The predicted molar refractivity (Wildman–Crippen MR) is 75.2 cm³/mol. The summed E-state index contributed by atoms with van der Waals surface area (Å²) in [5.74, 6) is -0.428. The standard InChI is InChI=1S/C15H17N3O3/c1-15(11-6-7-11)13(20)18(14(21)17-15)8-9-2-4-10(5-3-9)12(16)19/h2-5,11H,6-8H2,1H3,(H2,16,19)(H,17,21). The van der Waals surface area contributed by atoms with Crippen molar-refractivity contribution in [2.75, 3.05) is 0 Å². The molecule has 1 heterocycles. The van der Waals surface area contributed by atoms with E-state index in [1.807, 2.05) is 0 Å². The van der Waals surface area contributed by atoms with E-state index in [-0.39, 0.29) is 24.4 Å². The SMILES string of the molecule is CC1(C2CC2)NC(=O)N(Cc2ccc(C(N)=O)cc2)C1=O. The van der Waals surface area contributed by atoms with Crippen molar-refractivity contribution in [2.45, 2.75) is 31.8 Å². The Balaban J connectivity index is 1.76. The first-order valence-electron chi connectivity index (χ1n) is 6.94. The van der Waals surface area contributed by atoms with Crippen molar-refractivity contribution in [2.24, 2.45) is 11.7 Å². The molecule has 3 rings (SSSR count). The fourth-order valence-electron chi connectivity index (χ4n) is 2.75. The van der Waals surface area contributed by atoms with Crippen molar-refractivity contribution < 1.29 is 14.4 Å². The zero-order valence-electron chi connectivity index (χ0n) is 11.8. The minimum atomic E-state index is -0.760. The average Bonchev–Trinajstić information content (AvgIpc) is 3.26. The summed E-state index contributed by atoms with van der Waals surface area (Å²) in [4.78, 5) is 36.8. The van der Waals surface area contributed by atoms with Crippen molar-refractivity contribution in [3.05, 3.63) is 35.4 Å². The van der Waals surface area contributed by atoms with Gasteiger partial charge in [0.05, 0.1) is 6.54 Å². The summed E-state index contributed by atoms with van der Waals surface area (Å²) in [5, 5.41) is 2.81. The van der Waals surface area contributed by atoms with Gasteiger partial charge in [0, 0.05) is 5.56 Å². The van der Waals surface area contributed by atoms with E-state index in [1.54, 1.807) is 31.2 Å². The fraction of sp³-hybridized carbons (Fsp3) is 0.400. The number of nitrogens with one attached hydrogen (secondary N) is 1. The number of benzene rings is 1. The maximum absolute atomic E-state index is 12.5. The van der Waals surface area contributed by atoms with Crippen LogP contribution in [0.3, 0.4) is 0 Å². The minimum absolute atomic E-state index is 0.172. The molecule has 1 aliphatic carbocycles. The number of rotatable bonds is 4. The number of hydrogen-bond donors (Lipinski definition) is 2. The van der Waals surface area contributed by atoms with Gasteiger partial charge in [-0.05, 0) is 43.4 Å². The van der Waals surface area contributed by atoms with Crippen LogP contribution in [0.5, 0.6) is 0 Å². The first-order chi connectivity index (χ1) is 9.91. The number of nitrogens with two attached hydrogens (primary N) is 1. The second-order valence-corrected chi connectivity index (χ2v) is 5.86. The van der Waals surface area contributed by atoms with E-state index in [0.29, 0.717) is 5.56 Å². The molecule has 0 spiro atoms. The number of amides is 4. The lowest BCUT2D eigenvalue weighted by atomic mass is 9.96. The largest absolute Gasteiger partial charge is 0.366 e. The highest BCUT2D eigenvalue weighted by Gasteiger charge is 2.55. The smallest absolute Gasteiger partial charge is 0.325 e. The summed E-state index contributed by atoms with van der Waals surface area (Å²) in [7, 11) is 0. The zero-order chi connectivity index (χ0) is 15.2. The Morgan fingerprint density at radius 3 is 2.48 bits per heavy atom. The van der Waals surface area contributed by atoms with Gasteiger partial charge in [0.25, 0.3) is 5.91 Å². The molecule has 2 aliphatic rings. The van der Waals surface area contributed by atoms with E-state index in [0.717, 1.165) is 18.4 Å². The van der Waals surface area contributed by atoms with Gasteiger partial charge in [-0.1, -0.05) is 12.1 Å². The molecule has 4 amide bonds. The van der Waals surface area contributed by atoms with Gasteiger partial charge in [-0.25, -0.2) is 4.79 Å². The summed E-state index contributed by atoms with van der Waals surface area (Å²) in [5.41, 5.74) is 5.60. The Morgan fingerprint density at radius 1 is 1.33 bits per heavy atom. The van der Waals surface area contributed by atoms with E-state index in [2.05, 4.69) is 5.32 Å². The Kier molecular flexibility index (Phi) is 2.97. The second kappa shape index (κ2) is 4.58. The van der Waals surface area contributed by atoms with Crippen LogP contribution in [0.4, 0.5) is 4.79 Å². The number of carbonyl (C=O) groups is 3. The zero-order valence-corrected chi connectivity index (χ0v) is 11.8. The van der Waals surface area contributed by atoms with Crippen LogP contribution in [0, 0.1) is 5.92 Å². The van der Waals surface area contributed by atoms with E-state index in [4.69, 9.17) is 5.73 Å². The molecule has 1 saturated carbocycles. The Morgan fingerprint density at radius 2 is 1.95 bits per heavy atom. The molecule has 21 heavy (non-hydrogen) atoms. The summed E-state index contributed by atoms with van der Waals surface area (Å²) < 4.78 is 0. The van der Waals surface area contributed by atoms with Crippen molar-refractivity contribution in [1.29, 1.82) is 0 Å². The number of carbonyl (C=O) groups excluding carboxylic acids is 3. The summed E-state index contributed by atoms with van der Waals surface area (Å²) in [6.45, 7) is 1.99. The number of hydrogen-bond acceptors (Lipinski definition) is 3. The lowest BCUT2D eigenvalue weighted by Gasteiger charge is -2.21. The van der Waals surface area contributed by atoms with Gasteiger partial charge in [0.2, 0.25) is 5.91 Å². The summed E-state index contributed by atoms with van der Waals surface area (Å²) in [6.07, 6.45) is 1.95. The molecule has 1 aliphatic heterocycles. The van der Waals surface area contributed by atoms with Gasteiger partial charge in [0.1, 0.15) is 5.54 Å². The summed E-state index contributed by atoms with van der Waals surface area (Å²) in [6, 6.07) is 6.24. The highest BCUT2D eigenvalue weighted by molar-refractivity contribution is 6.07. The van der Waals surface area contributed by atoms with Crippen LogP contribution < -0.4 is 11.1 Å². The normalized spacial score (nSPS) is 25.1. The second-order valence-electron chi connectivity index (χ2n) is 5.86. The van der Waals surface area contributed by atoms with Gasteiger partial charge in [-0.3, -0.25) is 14.5 Å². The third-order valence-corrected chi connectivity index (χ3v) is 4.27. The number of nitrogens with zero attached hydrogens (tertiary/aromatic N) is 1. The number of primary amides is 1. The van der Waals surface area contributed by atoms with E-state index in [9.17, 15) is 14.4 Å². The van der Waals surface area contributed by atoms with Gasteiger partial charge < -0.3 is 11.1 Å². The first-order valence-corrected chi connectivity index (χ1v) is 6.94. The molecule has 0 bridgehead atoms. The van der Waals surface area contributed by atoms with Crippen LogP contribution in [0.25, 0.3) is 0 Å². The highest BCUT2D eigenvalue weighted by Crippen LogP contribution is 2.42. The van der Waals surface area contributed by atoms with Crippen LogP contribution in [-0.4, -0.2) is 28.3 Å². The van der Waals surface area contributed by atoms with Crippen molar-refractivity contribution in [1.82, 2.24) is 10.2 Å². The molecule has 1 aromatic rings. The monoisotopic (exact) mass is 287 g/mol. The minimum Gasteiger partial charge on any atom is -0.366 e. The Bertz CT molecular complexity index is 622. The van der Waals surface area contributed by atoms with Crippen LogP contribution >= 0.6 is 0 Å². The molecule has 1 unspecified atom stereocenters. The number of urea groups is 1. The van der Waals surface area contributed by atoms with Crippen molar-refractivity contribution in [3.63, 3.8) is 0 Å². The average molecular weight is 287 g/mol. The van der Waals surface area contributed by atoms with E-state index >= 15 is 0 Å². The molecule has 6 nitrogen and oxygen atoms in total. The molecular weight excluding hydrogens is 270 g/mol. The molecule has 2 fully saturated rings. The fourth-order valence-corrected chi connectivity index (χ4v) is 2.75. The third-order valence-electron chi connectivity index (χ3n) is 4.27. The quantitative estimate of drug-likeness (QED) is 0.809. The molecule has 3 N–H and O–H groups in total. The molecule has 1 atom stereocenters. The third kappa shape index (κ3) is 2.26. The lowest BCUT2D eigenvalue weighted by molar-refractivity contribution is -0.131. The summed E-state index contributed by atoms with van der Waals surface area (Å²) >= 11 is 0. The number of imide groups is 1. The van der Waals surface area contributed by atoms with E-state index < -0.39 is 11.4 Å². The van der Waals surface area contributed by atoms with Gasteiger partial charge in [-0.2, -0.15) is 0 Å². The Hall–Kier alpha value is -2.37. The van der Waals surface area contributed by atoms with Gasteiger partial charge in [-0.15, -0.1) is 0 Å². The molecule has 6 heteroatoms. The van der Waals surface area contributed by atoms with E-state index in [1.165, 1.54) is 4.90 Å². The molecule has 1 saturated heterocycles. The Labute approximate surface area is 122 Å². The molecule has 0 radical (unpaired) electrons. The molecule has 1 aromatic carbocycles. The van der Waals surface area contributed by atoms with Crippen molar-refractivity contribution in [3.8, 4) is 0 Å². The lowest BCUT2D eigenvalue weighted by Crippen LogP contribution is -2.46. The topological polar surface area (TPSA) is 92.5 Å². The van der Waals surface area contributed by atoms with Gasteiger partial charge in [0.15, 0.2) is 0 Å².